The fourth-order valence-electron chi connectivity index (χ4n) is 2.58. The molecule has 2 rings (SSSR count). The number of aryl methyl sites for hydroxylation is 2. The molecule has 3 nitrogen and oxygen atoms in total. The highest BCUT2D eigenvalue weighted by Gasteiger charge is 2.20. The van der Waals surface area contributed by atoms with Gasteiger partial charge in [-0.1, -0.05) is 26.7 Å². The molecule has 0 aromatic carbocycles. The maximum Gasteiger partial charge on any atom is 0.229 e. The largest absolute Gasteiger partial charge is 0.302 e. The molecule has 1 amide bonds. The Balaban J connectivity index is 1.95. The molecule has 0 saturated heterocycles. The molecule has 4 heteroatoms. The molecule has 0 aliphatic heterocycles. The molecule has 1 N–H and O–H groups in total. The van der Waals surface area contributed by atoms with Gasteiger partial charge in [0.15, 0.2) is 5.13 Å². The lowest BCUT2D eigenvalue weighted by atomic mass is 9.99. The Labute approximate surface area is 119 Å². The number of nitrogens with zero attached hydrogens (tertiary/aromatic N) is 1. The van der Waals surface area contributed by atoms with Crippen LogP contribution in [0.5, 0.6) is 0 Å². The van der Waals surface area contributed by atoms with E-state index in [-0.39, 0.29) is 11.8 Å². The van der Waals surface area contributed by atoms with Gasteiger partial charge in [-0.2, -0.15) is 0 Å². The summed E-state index contributed by atoms with van der Waals surface area (Å²) in [5.74, 6) is 0.294. The molecule has 19 heavy (non-hydrogen) atoms. The molecule has 0 saturated carbocycles. The molecule has 1 aromatic rings. The summed E-state index contributed by atoms with van der Waals surface area (Å²) in [4.78, 5) is 18.2. The van der Waals surface area contributed by atoms with Gasteiger partial charge in [0.1, 0.15) is 0 Å². The summed E-state index contributed by atoms with van der Waals surface area (Å²) in [6.07, 6.45) is 8.88. The van der Waals surface area contributed by atoms with E-state index in [1.807, 2.05) is 0 Å². The summed E-state index contributed by atoms with van der Waals surface area (Å²) in [6.45, 7) is 4.26. The smallest absolute Gasteiger partial charge is 0.229 e. The molecule has 0 fully saturated rings. The summed E-state index contributed by atoms with van der Waals surface area (Å²) in [6, 6.07) is 0. The van der Waals surface area contributed by atoms with E-state index in [0.29, 0.717) is 0 Å². The monoisotopic (exact) mass is 280 g/mol. The lowest BCUT2D eigenvalue weighted by Crippen LogP contribution is -2.22. The van der Waals surface area contributed by atoms with Crippen molar-refractivity contribution in [1.29, 1.82) is 0 Å². The lowest BCUT2D eigenvalue weighted by molar-refractivity contribution is -0.120. The van der Waals surface area contributed by atoms with Gasteiger partial charge in [0.2, 0.25) is 5.91 Å². The topological polar surface area (TPSA) is 42.0 Å². The van der Waals surface area contributed by atoms with Crippen LogP contribution >= 0.6 is 11.3 Å². The Kier molecular flexibility index (Phi) is 5.37. The van der Waals surface area contributed by atoms with E-state index < -0.39 is 0 Å². The van der Waals surface area contributed by atoms with E-state index in [0.717, 1.165) is 43.7 Å². The van der Waals surface area contributed by atoms with E-state index in [1.54, 1.807) is 11.3 Å². The summed E-state index contributed by atoms with van der Waals surface area (Å²) >= 11 is 1.67. The molecular formula is C15H24N2OS. The van der Waals surface area contributed by atoms with Crippen LogP contribution < -0.4 is 5.32 Å². The normalized spacial score (nSPS) is 15.9. The van der Waals surface area contributed by atoms with Crippen LogP contribution in [0.2, 0.25) is 0 Å². The van der Waals surface area contributed by atoms with Crippen molar-refractivity contribution < 1.29 is 4.79 Å². The SMILES string of the molecule is CCCC[C@H](CC)C(=O)Nc1nc2c(s1)CCCC2. The summed E-state index contributed by atoms with van der Waals surface area (Å²) < 4.78 is 0. The number of fused-ring (bicyclic) bond motifs is 1. The van der Waals surface area contributed by atoms with Crippen LogP contribution in [-0.4, -0.2) is 10.9 Å². The van der Waals surface area contributed by atoms with Crippen molar-refractivity contribution >= 4 is 22.4 Å². The number of rotatable bonds is 6. The molecule has 1 aliphatic carbocycles. The van der Waals surface area contributed by atoms with Gasteiger partial charge in [-0.25, -0.2) is 4.98 Å². The van der Waals surface area contributed by atoms with Gasteiger partial charge < -0.3 is 5.32 Å². The van der Waals surface area contributed by atoms with Crippen LogP contribution in [0.4, 0.5) is 5.13 Å². The number of amides is 1. The van der Waals surface area contributed by atoms with Crippen molar-refractivity contribution in [3.63, 3.8) is 0 Å². The van der Waals surface area contributed by atoms with Crippen LogP contribution in [-0.2, 0) is 17.6 Å². The highest BCUT2D eigenvalue weighted by molar-refractivity contribution is 7.15. The highest BCUT2D eigenvalue weighted by atomic mass is 32.1. The van der Waals surface area contributed by atoms with Gasteiger partial charge in [0.25, 0.3) is 0 Å². The van der Waals surface area contributed by atoms with Gasteiger partial charge in [-0.15, -0.1) is 11.3 Å². The van der Waals surface area contributed by atoms with E-state index in [1.165, 1.54) is 23.4 Å². The Morgan fingerprint density at radius 3 is 2.84 bits per heavy atom. The van der Waals surface area contributed by atoms with Crippen molar-refractivity contribution in [3.05, 3.63) is 10.6 Å². The Bertz CT molecular complexity index is 404. The van der Waals surface area contributed by atoms with Gasteiger partial charge in [0.05, 0.1) is 5.69 Å². The first-order valence-electron chi connectivity index (χ1n) is 7.54. The zero-order chi connectivity index (χ0) is 13.7. The van der Waals surface area contributed by atoms with Crippen LogP contribution in [0.3, 0.4) is 0 Å². The maximum atomic E-state index is 12.2. The van der Waals surface area contributed by atoms with E-state index >= 15 is 0 Å². The van der Waals surface area contributed by atoms with Crippen molar-refractivity contribution in [2.75, 3.05) is 5.32 Å². The molecule has 0 bridgehead atoms. The molecule has 0 spiro atoms. The number of unbranched alkanes of at least 4 members (excludes halogenated alkanes) is 1. The quantitative estimate of drug-likeness (QED) is 0.849. The molecule has 1 aromatic heterocycles. The molecule has 0 unspecified atom stereocenters. The lowest BCUT2D eigenvalue weighted by Gasteiger charge is -2.12. The Hall–Kier alpha value is -0.900. The predicted octanol–water partition coefficient (Wildman–Crippen LogP) is 4.18. The number of hydrogen-bond donors (Lipinski definition) is 1. The van der Waals surface area contributed by atoms with Crippen LogP contribution in [0, 0.1) is 5.92 Å². The summed E-state index contributed by atoms with van der Waals surface area (Å²) in [7, 11) is 0. The second kappa shape index (κ2) is 7.04. The third kappa shape index (κ3) is 3.78. The van der Waals surface area contributed by atoms with E-state index in [9.17, 15) is 4.79 Å². The van der Waals surface area contributed by atoms with Gasteiger partial charge in [-0.3, -0.25) is 4.79 Å². The average molecular weight is 280 g/mol. The number of thiazole rings is 1. The molecule has 1 aliphatic rings. The summed E-state index contributed by atoms with van der Waals surface area (Å²) in [5, 5.41) is 3.84. The second-order valence-corrected chi connectivity index (χ2v) is 6.42. The number of aromatic nitrogens is 1. The number of anilines is 1. The van der Waals surface area contributed by atoms with Crippen molar-refractivity contribution in [1.82, 2.24) is 4.98 Å². The first-order valence-corrected chi connectivity index (χ1v) is 8.35. The first-order chi connectivity index (χ1) is 9.24. The highest BCUT2D eigenvalue weighted by Crippen LogP contribution is 2.30. The van der Waals surface area contributed by atoms with Crippen molar-refractivity contribution in [2.45, 2.75) is 65.2 Å². The van der Waals surface area contributed by atoms with Crippen LogP contribution in [0.25, 0.3) is 0 Å². The predicted molar refractivity (Wildman–Crippen MR) is 80.7 cm³/mol. The minimum Gasteiger partial charge on any atom is -0.302 e. The third-order valence-corrected chi connectivity index (χ3v) is 4.92. The van der Waals surface area contributed by atoms with Gasteiger partial charge >= 0.3 is 0 Å². The Morgan fingerprint density at radius 1 is 1.37 bits per heavy atom. The zero-order valence-corrected chi connectivity index (χ0v) is 12.8. The third-order valence-electron chi connectivity index (χ3n) is 3.85. The fraction of sp³-hybridized carbons (Fsp3) is 0.733. The van der Waals surface area contributed by atoms with Crippen LogP contribution in [0.15, 0.2) is 0 Å². The number of carbonyl (C=O) groups excluding carboxylic acids is 1. The maximum absolute atomic E-state index is 12.2. The van der Waals surface area contributed by atoms with Crippen molar-refractivity contribution in [2.24, 2.45) is 5.92 Å². The molecular weight excluding hydrogens is 256 g/mol. The molecule has 1 heterocycles. The number of nitrogens with one attached hydrogen (secondary N) is 1. The van der Waals surface area contributed by atoms with Gasteiger partial charge in [0, 0.05) is 10.8 Å². The molecule has 1 atom stereocenters. The van der Waals surface area contributed by atoms with Crippen molar-refractivity contribution in [3.8, 4) is 0 Å². The summed E-state index contributed by atoms with van der Waals surface area (Å²) in [5.41, 5.74) is 1.22. The minimum absolute atomic E-state index is 0.140. The second-order valence-electron chi connectivity index (χ2n) is 5.33. The first kappa shape index (κ1) is 14.5. The van der Waals surface area contributed by atoms with Gasteiger partial charge in [-0.05, 0) is 38.5 Å². The standard InChI is InChI=1S/C15H24N2OS/c1-3-5-8-11(4-2)14(18)17-15-16-12-9-6-7-10-13(12)19-15/h11H,3-10H2,1-2H3,(H,16,17,18)/t11-/m0/s1. The number of carbonyl (C=O) groups is 1. The molecule has 0 radical (unpaired) electrons. The fourth-order valence-corrected chi connectivity index (χ4v) is 3.64. The van der Waals surface area contributed by atoms with E-state index in [4.69, 9.17) is 0 Å². The van der Waals surface area contributed by atoms with E-state index in [2.05, 4.69) is 24.1 Å². The number of hydrogen-bond acceptors (Lipinski definition) is 3. The minimum atomic E-state index is 0.140. The molecule has 106 valence electrons. The average Bonchev–Trinajstić information content (AvgIpc) is 2.81. The Morgan fingerprint density at radius 2 is 2.16 bits per heavy atom. The zero-order valence-electron chi connectivity index (χ0n) is 12.0. The van der Waals surface area contributed by atoms with Crippen LogP contribution in [0.1, 0.15) is 62.9 Å².